The van der Waals surface area contributed by atoms with Crippen molar-refractivity contribution in [2.45, 2.75) is 32.3 Å². The minimum atomic E-state index is -0.651. The lowest BCUT2D eigenvalue weighted by Gasteiger charge is -2.17. The van der Waals surface area contributed by atoms with E-state index in [0.717, 1.165) is 17.7 Å². The second-order valence-corrected chi connectivity index (χ2v) is 4.10. The molecule has 18 heavy (non-hydrogen) atoms. The number of ether oxygens (including phenoxy) is 1. The van der Waals surface area contributed by atoms with Gasteiger partial charge in [-0.25, -0.2) is 4.79 Å². The van der Waals surface area contributed by atoms with Gasteiger partial charge in [0.25, 0.3) is 0 Å². The predicted molar refractivity (Wildman–Crippen MR) is 68.4 cm³/mol. The van der Waals surface area contributed by atoms with E-state index < -0.39 is 6.10 Å². The van der Waals surface area contributed by atoms with Gasteiger partial charge in [0.05, 0.1) is 18.2 Å². The molecule has 4 heteroatoms. The first kappa shape index (κ1) is 12.6. The molecule has 0 fully saturated rings. The second-order valence-electron chi connectivity index (χ2n) is 4.10. The molecule has 0 amide bonds. The van der Waals surface area contributed by atoms with Crippen molar-refractivity contribution < 1.29 is 14.4 Å². The molecule has 1 aromatic carbocycles. The maximum absolute atomic E-state index is 11.9. The molecule has 0 aliphatic carbocycles. The topological polar surface area (TPSA) is 47.9 Å². The molecule has 0 saturated carbocycles. The van der Waals surface area contributed by atoms with Crippen LogP contribution in [-0.2, 0) is 14.4 Å². The lowest BCUT2D eigenvalue weighted by molar-refractivity contribution is -0.155. The lowest BCUT2D eigenvalue weighted by atomic mass is 9.88. The van der Waals surface area contributed by atoms with E-state index in [2.05, 4.69) is 5.16 Å². The Hall–Kier alpha value is -1.84. The van der Waals surface area contributed by atoms with E-state index in [-0.39, 0.29) is 11.9 Å². The SMILES string of the molecule is CCOC(=O)[C@H]1ON=C(CC)[C@H]1c1ccccc1. The quantitative estimate of drug-likeness (QED) is 0.768. The third-order valence-corrected chi connectivity index (χ3v) is 2.99. The van der Waals surface area contributed by atoms with E-state index in [9.17, 15) is 4.79 Å². The molecule has 2 rings (SSSR count). The Morgan fingerprint density at radius 3 is 2.67 bits per heavy atom. The van der Waals surface area contributed by atoms with Crippen molar-refractivity contribution in [2.24, 2.45) is 5.16 Å². The van der Waals surface area contributed by atoms with Crippen molar-refractivity contribution in [2.75, 3.05) is 6.61 Å². The van der Waals surface area contributed by atoms with Crippen LogP contribution in [0.5, 0.6) is 0 Å². The van der Waals surface area contributed by atoms with Gasteiger partial charge < -0.3 is 9.57 Å². The van der Waals surface area contributed by atoms with Crippen LogP contribution in [-0.4, -0.2) is 24.4 Å². The summed E-state index contributed by atoms with van der Waals surface area (Å²) < 4.78 is 5.03. The molecule has 0 unspecified atom stereocenters. The highest BCUT2D eigenvalue weighted by Crippen LogP contribution is 2.31. The molecule has 4 nitrogen and oxygen atoms in total. The van der Waals surface area contributed by atoms with Crippen LogP contribution >= 0.6 is 0 Å². The molecule has 1 heterocycles. The number of hydrogen-bond donors (Lipinski definition) is 0. The first-order valence-electron chi connectivity index (χ1n) is 6.22. The fraction of sp³-hybridized carbons (Fsp3) is 0.429. The number of carbonyl (C=O) groups is 1. The fourth-order valence-corrected chi connectivity index (χ4v) is 2.13. The van der Waals surface area contributed by atoms with Gasteiger partial charge in [0.15, 0.2) is 0 Å². The maximum atomic E-state index is 11.9. The van der Waals surface area contributed by atoms with E-state index in [4.69, 9.17) is 9.57 Å². The molecule has 1 aliphatic rings. The second kappa shape index (κ2) is 5.67. The Bertz CT molecular complexity index is 442. The Labute approximate surface area is 107 Å². The number of hydrogen-bond acceptors (Lipinski definition) is 4. The van der Waals surface area contributed by atoms with Crippen LogP contribution in [0.15, 0.2) is 35.5 Å². The number of nitrogens with zero attached hydrogens (tertiary/aromatic N) is 1. The van der Waals surface area contributed by atoms with E-state index >= 15 is 0 Å². The summed E-state index contributed by atoms with van der Waals surface area (Å²) >= 11 is 0. The number of carbonyl (C=O) groups excluding carboxylic acids is 1. The van der Waals surface area contributed by atoms with E-state index in [1.807, 2.05) is 37.3 Å². The van der Waals surface area contributed by atoms with Gasteiger partial charge in [0, 0.05) is 0 Å². The van der Waals surface area contributed by atoms with Gasteiger partial charge in [-0.1, -0.05) is 42.4 Å². The van der Waals surface area contributed by atoms with Crippen LogP contribution in [0.3, 0.4) is 0 Å². The summed E-state index contributed by atoms with van der Waals surface area (Å²) in [7, 11) is 0. The number of benzene rings is 1. The largest absolute Gasteiger partial charge is 0.463 e. The number of oxime groups is 1. The van der Waals surface area contributed by atoms with Crippen molar-refractivity contribution in [3.8, 4) is 0 Å². The third kappa shape index (κ3) is 2.37. The standard InChI is InChI=1S/C14H17NO3/c1-3-11-12(10-8-6-5-7-9-10)13(18-15-11)14(16)17-4-2/h5-9,12-13H,3-4H2,1-2H3/t12-,13+/m1/s1. The van der Waals surface area contributed by atoms with Gasteiger partial charge in [0.1, 0.15) is 0 Å². The summed E-state index contributed by atoms with van der Waals surface area (Å²) in [5, 5.41) is 4.01. The fourth-order valence-electron chi connectivity index (χ4n) is 2.13. The summed E-state index contributed by atoms with van der Waals surface area (Å²) in [5.41, 5.74) is 1.92. The smallest absolute Gasteiger partial charge is 0.351 e. The zero-order valence-corrected chi connectivity index (χ0v) is 10.6. The molecule has 96 valence electrons. The summed E-state index contributed by atoms with van der Waals surface area (Å²) in [4.78, 5) is 17.1. The molecule has 1 aromatic rings. The summed E-state index contributed by atoms with van der Waals surface area (Å²) in [6, 6.07) is 9.81. The Balaban J connectivity index is 2.26. The van der Waals surface area contributed by atoms with Gasteiger partial charge >= 0.3 is 5.97 Å². The average molecular weight is 247 g/mol. The van der Waals surface area contributed by atoms with Gasteiger partial charge in [-0.15, -0.1) is 0 Å². The Morgan fingerprint density at radius 1 is 1.33 bits per heavy atom. The zero-order valence-electron chi connectivity index (χ0n) is 10.6. The minimum Gasteiger partial charge on any atom is -0.463 e. The molecule has 0 bridgehead atoms. The summed E-state index contributed by atoms with van der Waals surface area (Å²) in [6.07, 6.45) is 0.109. The summed E-state index contributed by atoms with van der Waals surface area (Å²) in [6.45, 7) is 4.14. The van der Waals surface area contributed by atoms with Crippen molar-refractivity contribution >= 4 is 11.7 Å². The van der Waals surface area contributed by atoms with Crippen molar-refractivity contribution in [1.82, 2.24) is 0 Å². The Kier molecular flexibility index (Phi) is 3.97. The average Bonchev–Trinajstić information content (AvgIpc) is 2.83. The molecule has 0 radical (unpaired) electrons. The number of rotatable bonds is 4. The first-order chi connectivity index (χ1) is 8.77. The highest BCUT2D eigenvalue weighted by atomic mass is 16.7. The van der Waals surface area contributed by atoms with Crippen LogP contribution in [0.1, 0.15) is 31.7 Å². The van der Waals surface area contributed by atoms with Crippen molar-refractivity contribution in [1.29, 1.82) is 0 Å². The van der Waals surface area contributed by atoms with Crippen LogP contribution in [0, 0.1) is 0 Å². The first-order valence-corrected chi connectivity index (χ1v) is 6.22. The molecule has 0 spiro atoms. The van der Waals surface area contributed by atoms with Crippen molar-refractivity contribution in [3.05, 3.63) is 35.9 Å². The zero-order chi connectivity index (χ0) is 13.0. The molecule has 2 atom stereocenters. The van der Waals surface area contributed by atoms with Crippen LogP contribution < -0.4 is 0 Å². The van der Waals surface area contributed by atoms with Crippen molar-refractivity contribution in [3.63, 3.8) is 0 Å². The lowest BCUT2D eigenvalue weighted by Crippen LogP contribution is -2.31. The van der Waals surface area contributed by atoms with E-state index in [1.54, 1.807) is 6.92 Å². The van der Waals surface area contributed by atoms with Crippen LogP contribution in [0.2, 0.25) is 0 Å². The maximum Gasteiger partial charge on any atom is 0.351 e. The normalized spacial score (nSPS) is 22.2. The Morgan fingerprint density at radius 2 is 2.06 bits per heavy atom. The summed E-state index contributed by atoms with van der Waals surface area (Å²) in [5.74, 6) is -0.478. The van der Waals surface area contributed by atoms with Gasteiger partial charge in [0.2, 0.25) is 6.10 Å². The molecular weight excluding hydrogens is 230 g/mol. The monoisotopic (exact) mass is 247 g/mol. The van der Waals surface area contributed by atoms with Gasteiger partial charge in [-0.2, -0.15) is 0 Å². The predicted octanol–water partition coefficient (Wildman–Crippen LogP) is 2.50. The molecule has 0 N–H and O–H groups in total. The highest BCUT2D eigenvalue weighted by Gasteiger charge is 2.40. The van der Waals surface area contributed by atoms with Crippen LogP contribution in [0.25, 0.3) is 0 Å². The van der Waals surface area contributed by atoms with E-state index in [0.29, 0.717) is 6.61 Å². The molecule has 0 aromatic heterocycles. The van der Waals surface area contributed by atoms with Crippen LogP contribution in [0.4, 0.5) is 0 Å². The highest BCUT2D eigenvalue weighted by molar-refractivity contribution is 5.97. The molecular formula is C14H17NO3. The van der Waals surface area contributed by atoms with Gasteiger partial charge in [-0.3, -0.25) is 0 Å². The van der Waals surface area contributed by atoms with E-state index in [1.165, 1.54) is 0 Å². The molecule has 0 saturated heterocycles. The number of esters is 1. The third-order valence-electron chi connectivity index (χ3n) is 2.99. The molecule has 1 aliphatic heterocycles. The van der Waals surface area contributed by atoms with Gasteiger partial charge in [-0.05, 0) is 18.9 Å². The minimum absolute atomic E-state index is 0.129.